The van der Waals surface area contributed by atoms with Gasteiger partial charge in [0, 0.05) is 55.6 Å². The van der Waals surface area contributed by atoms with Gasteiger partial charge in [-0.05, 0) is 53.8 Å². The summed E-state index contributed by atoms with van der Waals surface area (Å²) in [6, 6.07) is 19.7. The topological polar surface area (TPSA) is 67.2 Å². The fourth-order valence-corrected chi connectivity index (χ4v) is 4.76. The molecule has 0 spiro atoms. The Morgan fingerprint density at radius 2 is 1.86 bits per heavy atom. The second-order valence-electron chi connectivity index (χ2n) is 8.91. The molecule has 2 amide bonds. The molecule has 0 saturated carbocycles. The van der Waals surface area contributed by atoms with Gasteiger partial charge in [-0.15, -0.1) is 0 Å². The van der Waals surface area contributed by atoms with Gasteiger partial charge in [0.2, 0.25) is 5.91 Å². The third kappa shape index (κ3) is 4.60. The van der Waals surface area contributed by atoms with Gasteiger partial charge in [0.1, 0.15) is 5.69 Å². The van der Waals surface area contributed by atoms with E-state index in [1.165, 1.54) is 5.56 Å². The molecule has 4 aromatic rings. The van der Waals surface area contributed by atoms with Crippen LogP contribution >= 0.6 is 0 Å². The number of pyridine rings is 1. The minimum Gasteiger partial charge on any atom is -0.348 e. The van der Waals surface area contributed by atoms with Crippen LogP contribution in [-0.2, 0) is 31.4 Å². The molecule has 5 rings (SSSR count). The maximum absolute atomic E-state index is 13.4. The molecule has 1 aliphatic rings. The van der Waals surface area contributed by atoms with Crippen molar-refractivity contribution in [2.45, 2.75) is 26.4 Å². The number of hydrogen-bond donors (Lipinski definition) is 1. The molecule has 2 aromatic heterocycles. The lowest BCUT2D eigenvalue weighted by atomic mass is 9.94. The molecule has 6 nitrogen and oxygen atoms in total. The number of carbonyl (C=O) groups is 2. The minimum atomic E-state index is -0.144. The van der Waals surface area contributed by atoms with E-state index in [9.17, 15) is 9.59 Å². The Kier molecular flexibility index (Phi) is 6.19. The van der Waals surface area contributed by atoms with Crippen LogP contribution in [0.4, 0.5) is 0 Å². The summed E-state index contributed by atoms with van der Waals surface area (Å²) < 4.78 is 1.96. The molecule has 2 aromatic carbocycles. The molecule has 1 aliphatic heterocycles. The lowest BCUT2D eigenvalue weighted by Crippen LogP contribution is -2.37. The fourth-order valence-electron chi connectivity index (χ4n) is 4.76. The Bertz CT molecular complexity index is 1440. The van der Waals surface area contributed by atoms with E-state index < -0.39 is 0 Å². The molecular formula is C29H28N4O2. The van der Waals surface area contributed by atoms with E-state index >= 15 is 0 Å². The molecule has 0 bridgehead atoms. The molecule has 0 fully saturated rings. The van der Waals surface area contributed by atoms with Crippen LogP contribution in [0.25, 0.3) is 17.0 Å². The van der Waals surface area contributed by atoms with Crippen molar-refractivity contribution in [3.63, 3.8) is 0 Å². The van der Waals surface area contributed by atoms with Crippen molar-refractivity contribution in [3.05, 3.63) is 107 Å². The van der Waals surface area contributed by atoms with E-state index in [2.05, 4.69) is 10.3 Å². The van der Waals surface area contributed by atoms with E-state index in [0.717, 1.165) is 39.7 Å². The van der Waals surface area contributed by atoms with E-state index in [0.29, 0.717) is 25.3 Å². The standard InChI is InChI=1S/C29H28N4O2/c1-20-25(18-31-28(34)13-12-21-8-4-3-5-9-21)24-14-15-33(19-23(24)17-30-20)29(35)27-16-22-10-6-7-11-26(22)32(27)2/h3-13,16-17H,14-15,18-19H2,1-2H3,(H,31,34)/b13-12+. The quantitative estimate of drug-likeness (QED) is 0.445. The van der Waals surface area contributed by atoms with Gasteiger partial charge < -0.3 is 14.8 Å². The summed E-state index contributed by atoms with van der Waals surface area (Å²) in [6.45, 7) is 3.52. The van der Waals surface area contributed by atoms with Gasteiger partial charge in [0.15, 0.2) is 0 Å². The highest BCUT2D eigenvalue weighted by molar-refractivity contribution is 5.98. The van der Waals surface area contributed by atoms with Crippen molar-refractivity contribution in [1.82, 2.24) is 19.8 Å². The number of aryl methyl sites for hydroxylation is 2. The number of amides is 2. The highest BCUT2D eigenvalue weighted by atomic mass is 16.2. The van der Waals surface area contributed by atoms with Gasteiger partial charge >= 0.3 is 0 Å². The zero-order valence-electron chi connectivity index (χ0n) is 20.0. The van der Waals surface area contributed by atoms with Gasteiger partial charge in [-0.25, -0.2) is 0 Å². The first kappa shape index (κ1) is 22.6. The average molecular weight is 465 g/mol. The number of aromatic nitrogens is 2. The first-order chi connectivity index (χ1) is 17.0. The average Bonchev–Trinajstić information content (AvgIpc) is 3.23. The number of hydrogen-bond acceptors (Lipinski definition) is 3. The molecule has 35 heavy (non-hydrogen) atoms. The Balaban J connectivity index is 1.30. The second kappa shape index (κ2) is 9.58. The Labute approximate surface area is 204 Å². The van der Waals surface area contributed by atoms with Crippen molar-refractivity contribution >= 4 is 28.8 Å². The summed E-state index contributed by atoms with van der Waals surface area (Å²) in [5.41, 5.74) is 6.89. The maximum atomic E-state index is 13.4. The van der Waals surface area contributed by atoms with E-state index in [1.807, 2.05) is 90.3 Å². The zero-order valence-corrected chi connectivity index (χ0v) is 20.0. The van der Waals surface area contributed by atoms with Crippen LogP contribution in [0.3, 0.4) is 0 Å². The highest BCUT2D eigenvalue weighted by Gasteiger charge is 2.26. The first-order valence-electron chi connectivity index (χ1n) is 11.8. The summed E-state index contributed by atoms with van der Waals surface area (Å²) in [6.07, 6.45) is 5.96. The summed E-state index contributed by atoms with van der Waals surface area (Å²) in [5, 5.41) is 4.06. The lowest BCUT2D eigenvalue weighted by molar-refractivity contribution is -0.116. The summed E-state index contributed by atoms with van der Waals surface area (Å²) >= 11 is 0. The molecule has 0 radical (unpaired) electrons. The smallest absolute Gasteiger partial charge is 0.270 e. The van der Waals surface area contributed by atoms with Crippen molar-refractivity contribution < 1.29 is 9.59 Å². The first-order valence-corrected chi connectivity index (χ1v) is 11.8. The minimum absolute atomic E-state index is 0.0239. The summed E-state index contributed by atoms with van der Waals surface area (Å²) in [4.78, 5) is 32.2. The number of para-hydroxylation sites is 1. The van der Waals surface area contributed by atoms with Gasteiger partial charge in [-0.3, -0.25) is 14.6 Å². The highest BCUT2D eigenvalue weighted by Crippen LogP contribution is 2.26. The molecular weight excluding hydrogens is 436 g/mol. The van der Waals surface area contributed by atoms with Crippen molar-refractivity contribution in [3.8, 4) is 0 Å². The third-order valence-electron chi connectivity index (χ3n) is 6.72. The maximum Gasteiger partial charge on any atom is 0.270 e. The normalized spacial score (nSPS) is 13.3. The van der Waals surface area contributed by atoms with Crippen LogP contribution < -0.4 is 5.32 Å². The number of carbonyl (C=O) groups excluding carboxylic acids is 2. The molecule has 6 heteroatoms. The van der Waals surface area contributed by atoms with Crippen LogP contribution in [0.1, 0.15) is 38.4 Å². The van der Waals surface area contributed by atoms with Crippen molar-refractivity contribution in [2.24, 2.45) is 7.05 Å². The second-order valence-corrected chi connectivity index (χ2v) is 8.91. The van der Waals surface area contributed by atoms with Crippen LogP contribution in [0, 0.1) is 6.92 Å². The van der Waals surface area contributed by atoms with Crippen LogP contribution in [0.15, 0.2) is 72.9 Å². The SMILES string of the molecule is Cc1ncc2c(c1CNC(=O)/C=C/c1ccccc1)CCN(C(=O)c1cc3ccccc3n1C)C2. The molecule has 176 valence electrons. The number of nitrogens with zero attached hydrogens (tertiary/aromatic N) is 3. The molecule has 0 aliphatic carbocycles. The monoisotopic (exact) mass is 464 g/mol. The lowest BCUT2D eigenvalue weighted by Gasteiger charge is -2.30. The van der Waals surface area contributed by atoms with Gasteiger partial charge in [-0.1, -0.05) is 48.5 Å². The number of rotatable bonds is 5. The van der Waals surface area contributed by atoms with E-state index in [-0.39, 0.29) is 11.8 Å². The van der Waals surface area contributed by atoms with Crippen LogP contribution in [-0.4, -0.2) is 32.8 Å². The van der Waals surface area contributed by atoms with E-state index in [1.54, 1.807) is 12.2 Å². The predicted molar refractivity (Wildman–Crippen MR) is 138 cm³/mol. The molecule has 0 saturated heterocycles. The Morgan fingerprint density at radius 3 is 2.66 bits per heavy atom. The van der Waals surface area contributed by atoms with Gasteiger partial charge in [0.05, 0.1) is 0 Å². The van der Waals surface area contributed by atoms with Gasteiger partial charge in [-0.2, -0.15) is 0 Å². The van der Waals surface area contributed by atoms with Gasteiger partial charge in [0.25, 0.3) is 5.91 Å². The van der Waals surface area contributed by atoms with Crippen molar-refractivity contribution in [1.29, 1.82) is 0 Å². The van der Waals surface area contributed by atoms with E-state index in [4.69, 9.17) is 0 Å². The van der Waals surface area contributed by atoms with Crippen LogP contribution in [0.2, 0.25) is 0 Å². The third-order valence-corrected chi connectivity index (χ3v) is 6.72. The summed E-state index contributed by atoms with van der Waals surface area (Å²) in [7, 11) is 1.94. The molecule has 1 N–H and O–H groups in total. The zero-order chi connectivity index (χ0) is 24.4. The Morgan fingerprint density at radius 1 is 1.09 bits per heavy atom. The van der Waals surface area contributed by atoms with Crippen molar-refractivity contribution in [2.75, 3.05) is 6.54 Å². The molecule has 0 unspecified atom stereocenters. The predicted octanol–water partition coefficient (Wildman–Crippen LogP) is 4.41. The fraction of sp³-hybridized carbons (Fsp3) is 0.207. The summed E-state index contributed by atoms with van der Waals surface area (Å²) in [5.74, 6) is -0.120. The largest absolute Gasteiger partial charge is 0.348 e. The number of fused-ring (bicyclic) bond motifs is 2. The molecule has 3 heterocycles. The van der Waals surface area contributed by atoms with Crippen LogP contribution in [0.5, 0.6) is 0 Å². The molecule has 0 atom stereocenters. The Hall–Kier alpha value is -4.19. The number of benzene rings is 2. The number of nitrogens with one attached hydrogen (secondary N) is 1.